The van der Waals surface area contributed by atoms with E-state index < -0.39 is 17.9 Å². The third kappa shape index (κ3) is 3.34. The third-order valence-corrected chi connectivity index (χ3v) is 4.96. The minimum absolute atomic E-state index is 0.152. The van der Waals surface area contributed by atoms with Gasteiger partial charge in [0, 0.05) is 35.6 Å². The van der Waals surface area contributed by atoms with Crippen molar-refractivity contribution in [2.24, 2.45) is 0 Å². The average molecular weight is 377 g/mol. The van der Waals surface area contributed by atoms with Crippen LogP contribution in [0.1, 0.15) is 21.5 Å². The van der Waals surface area contributed by atoms with Crippen LogP contribution >= 0.6 is 0 Å². The molecule has 1 aliphatic heterocycles. The van der Waals surface area contributed by atoms with Gasteiger partial charge in [0.25, 0.3) is 5.91 Å². The van der Waals surface area contributed by atoms with Crippen molar-refractivity contribution >= 4 is 28.7 Å². The van der Waals surface area contributed by atoms with Crippen LogP contribution in [0.5, 0.6) is 0 Å². The number of rotatable bonds is 6. The number of nitrogens with zero attached hydrogens (tertiary/aromatic N) is 1. The molecule has 3 N–H and O–H groups in total. The van der Waals surface area contributed by atoms with Crippen LogP contribution in [0.25, 0.3) is 10.9 Å². The number of carbonyl (C=O) groups excluding carboxylic acids is 2. The van der Waals surface area contributed by atoms with Crippen LogP contribution in [0.15, 0.2) is 54.7 Å². The molecule has 2 amide bonds. The lowest BCUT2D eigenvalue weighted by Crippen LogP contribution is -2.46. The van der Waals surface area contributed by atoms with Gasteiger partial charge in [0.1, 0.15) is 12.6 Å². The normalized spacial score (nSPS) is 14.1. The number of benzene rings is 2. The summed E-state index contributed by atoms with van der Waals surface area (Å²) in [6.07, 6.45) is 1.91. The van der Waals surface area contributed by atoms with Gasteiger partial charge in [0.05, 0.1) is 0 Å². The summed E-state index contributed by atoms with van der Waals surface area (Å²) in [6, 6.07) is 13.7. The Hall–Kier alpha value is -3.61. The van der Waals surface area contributed by atoms with E-state index in [1.807, 2.05) is 36.4 Å². The molecule has 3 aromatic rings. The first-order valence-electron chi connectivity index (χ1n) is 8.97. The zero-order valence-electron chi connectivity index (χ0n) is 15.0. The van der Waals surface area contributed by atoms with E-state index in [1.54, 1.807) is 18.3 Å². The van der Waals surface area contributed by atoms with E-state index >= 15 is 0 Å². The zero-order chi connectivity index (χ0) is 19.7. The Morgan fingerprint density at radius 3 is 2.68 bits per heavy atom. The number of hydrogen-bond acceptors (Lipinski definition) is 3. The maximum absolute atomic E-state index is 12.4. The number of carboxylic acids is 1. The molecular weight excluding hydrogens is 358 g/mol. The summed E-state index contributed by atoms with van der Waals surface area (Å²) in [6.45, 7) is 0.174. The molecule has 0 fully saturated rings. The van der Waals surface area contributed by atoms with Crippen molar-refractivity contribution in [3.05, 3.63) is 71.4 Å². The van der Waals surface area contributed by atoms with Gasteiger partial charge >= 0.3 is 5.97 Å². The standard InChI is InChI=1S/C21H19N3O4/c25-19(12-24-11-13-5-1-2-7-16(13)20(24)26)23-18(21(27)28)9-14-10-22-17-8-4-3-6-15(14)17/h1-8,10,18,22H,9,11-12H2,(H,23,25)(H,27,28)/t18-/m0/s1. The summed E-state index contributed by atoms with van der Waals surface area (Å²) in [5.74, 6) is -1.82. The minimum atomic E-state index is -1.12. The molecule has 2 heterocycles. The number of carbonyl (C=O) groups is 3. The molecule has 1 aliphatic rings. The molecule has 1 atom stereocenters. The van der Waals surface area contributed by atoms with Crippen LogP contribution < -0.4 is 5.32 Å². The van der Waals surface area contributed by atoms with Gasteiger partial charge < -0.3 is 20.3 Å². The van der Waals surface area contributed by atoms with Crippen molar-refractivity contribution in [3.8, 4) is 0 Å². The highest BCUT2D eigenvalue weighted by atomic mass is 16.4. The molecule has 0 bridgehead atoms. The summed E-state index contributed by atoms with van der Waals surface area (Å²) in [5, 5.41) is 13.0. The minimum Gasteiger partial charge on any atom is -0.480 e. The quantitative estimate of drug-likeness (QED) is 0.611. The maximum Gasteiger partial charge on any atom is 0.326 e. The molecule has 4 rings (SSSR count). The van der Waals surface area contributed by atoms with E-state index in [9.17, 15) is 19.5 Å². The van der Waals surface area contributed by atoms with Crippen molar-refractivity contribution in [2.75, 3.05) is 6.54 Å². The number of amides is 2. The fourth-order valence-corrected chi connectivity index (χ4v) is 3.58. The van der Waals surface area contributed by atoms with E-state index in [0.717, 1.165) is 22.0 Å². The van der Waals surface area contributed by atoms with Crippen LogP contribution in [-0.2, 0) is 22.6 Å². The van der Waals surface area contributed by atoms with Gasteiger partial charge in [-0.1, -0.05) is 36.4 Å². The second-order valence-corrected chi connectivity index (χ2v) is 6.84. The molecule has 0 radical (unpaired) electrons. The number of fused-ring (bicyclic) bond motifs is 2. The summed E-state index contributed by atoms with van der Waals surface area (Å²) in [5.41, 5.74) is 3.18. The van der Waals surface area contributed by atoms with Crippen molar-refractivity contribution in [1.29, 1.82) is 0 Å². The van der Waals surface area contributed by atoms with E-state index in [4.69, 9.17) is 0 Å². The first kappa shape index (κ1) is 17.8. The van der Waals surface area contributed by atoms with Crippen LogP contribution in [0.2, 0.25) is 0 Å². The number of aromatic amines is 1. The Bertz CT molecular complexity index is 1070. The fraction of sp³-hybridized carbons (Fsp3) is 0.190. The molecule has 0 unspecified atom stereocenters. The molecule has 7 heteroatoms. The van der Waals surface area contributed by atoms with Crippen LogP contribution in [-0.4, -0.2) is 45.4 Å². The smallest absolute Gasteiger partial charge is 0.326 e. The van der Waals surface area contributed by atoms with Crippen molar-refractivity contribution in [3.63, 3.8) is 0 Å². The summed E-state index contributed by atoms with van der Waals surface area (Å²) in [7, 11) is 0. The largest absolute Gasteiger partial charge is 0.480 e. The number of H-pyrrole nitrogens is 1. The van der Waals surface area contributed by atoms with Crippen molar-refractivity contribution in [1.82, 2.24) is 15.2 Å². The summed E-state index contributed by atoms with van der Waals surface area (Å²) in [4.78, 5) is 41.0. The molecule has 142 valence electrons. The molecule has 0 saturated heterocycles. The second kappa shape index (κ2) is 7.19. The maximum atomic E-state index is 12.4. The average Bonchev–Trinajstić information content (AvgIpc) is 3.23. The fourth-order valence-electron chi connectivity index (χ4n) is 3.58. The Balaban J connectivity index is 1.43. The molecule has 28 heavy (non-hydrogen) atoms. The lowest BCUT2D eigenvalue weighted by molar-refractivity contribution is -0.141. The first-order valence-corrected chi connectivity index (χ1v) is 8.97. The van der Waals surface area contributed by atoms with Crippen LogP contribution in [0.3, 0.4) is 0 Å². The summed E-state index contributed by atoms with van der Waals surface area (Å²) < 4.78 is 0. The predicted octanol–water partition coefficient (Wildman–Crippen LogP) is 1.94. The zero-order valence-corrected chi connectivity index (χ0v) is 15.0. The van der Waals surface area contributed by atoms with Crippen LogP contribution in [0, 0.1) is 0 Å². The molecular formula is C21H19N3O4. The van der Waals surface area contributed by atoms with Gasteiger partial charge in [-0.3, -0.25) is 9.59 Å². The van der Waals surface area contributed by atoms with E-state index in [2.05, 4.69) is 10.3 Å². The van der Waals surface area contributed by atoms with E-state index in [1.165, 1.54) is 4.90 Å². The highest BCUT2D eigenvalue weighted by Crippen LogP contribution is 2.22. The monoisotopic (exact) mass is 377 g/mol. The van der Waals surface area contributed by atoms with Gasteiger partial charge in [-0.2, -0.15) is 0 Å². The predicted molar refractivity (Wildman–Crippen MR) is 103 cm³/mol. The molecule has 0 aliphatic carbocycles. The van der Waals surface area contributed by atoms with Gasteiger partial charge in [-0.05, 0) is 23.3 Å². The van der Waals surface area contributed by atoms with Gasteiger partial charge in [-0.25, -0.2) is 4.79 Å². The topological polar surface area (TPSA) is 103 Å². The van der Waals surface area contributed by atoms with Crippen LogP contribution in [0.4, 0.5) is 0 Å². The second-order valence-electron chi connectivity index (χ2n) is 6.84. The Kier molecular flexibility index (Phi) is 4.57. The lowest BCUT2D eigenvalue weighted by Gasteiger charge is -2.18. The van der Waals surface area contributed by atoms with Gasteiger partial charge in [0.15, 0.2) is 0 Å². The van der Waals surface area contributed by atoms with E-state index in [-0.39, 0.29) is 18.9 Å². The van der Waals surface area contributed by atoms with Gasteiger partial charge in [-0.15, -0.1) is 0 Å². The highest BCUT2D eigenvalue weighted by Gasteiger charge is 2.29. The Labute approximate surface area is 161 Å². The molecule has 7 nitrogen and oxygen atoms in total. The lowest BCUT2D eigenvalue weighted by atomic mass is 10.0. The molecule has 0 spiro atoms. The number of aliphatic carboxylic acids is 1. The summed E-state index contributed by atoms with van der Waals surface area (Å²) >= 11 is 0. The van der Waals surface area contributed by atoms with Crippen molar-refractivity contribution in [2.45, 2.75) is 19.0 Å². The van der Waals surface area contributed by atoms with Crippen molar-refractivity contribution < 1.29 is 19.5 Å². The first-order chi connectivity index (χ1) is 13.5. The Morgan fingerprint density at radius 2 is 1.89 bits per heavy atom. The molecule has 2 aromatic carbocycles. The Morgan fingerprint density at radius 1 is 1.14 bits per heavy atom. The number of para-hydroxylation sites is 1. The van der Waals surface area contributed by atoms with E-state index in [0.29, 0.717) is 12.1 Å². The molecule has 0 saturated carbocycles. The number of aromatic nitrogens is 1. The third-order valence-electron chi connectivity index (χ3n) is 4.96. The number of nitrogens with one attached hydrogen (secondary N) is 2. The number of hydrogen-bond donors (Lipinski definition) is 3. The molecule has 1 aromatic heterocycles. The highest BCUT2D eigenvalue weighted by molar-refractivity contribution is 6.00. The van der Waals surface area contributed by atoms with Gasteiger partial charge in [0.2, 0.25) is 5.91 Å². The SMILES string of the molecule is O=C(CN1Cc2ccccc2C1=O)N[C@@H](Cc1c[nH]c2ccccc12)C(=O)O. The number of carboxylic acid groups (broad SMARTS) is 1.